The van der Waals surface area contributed by atoms with Gasteiger partial charge in [-0.3, -0.25) is 4.79 Å². The standard InChI is InChI=1S/C14H18O4S/c1-10-12(7-8-14(15)16)3-2-4-13(10)19(17,18)9-11-5-6-11/h2-4,11H,5-9H2,1H3,(H,15,16). The van der Waals surface area contributed by atoms with Crippen molar-refractivity contribution < 1.29 is 18.3 Å². The summed E-state index contributed by atoms with van der Waals surface area (Å²) < 4.78 is 24.6. The molecule has 0 bridgehead atoms. The lowest BCUT2D eigenvalue weighted by Gasteiger charge is -2.11. The maximum Gasteiger partial charge on any atom is 0.303 e. The highest BCUT2D eigenvalue weighted by molar-refractivity contribution is 7.91. The molecule has 1 aliphatic rings. The van der Waals surface area contributed by atoms with Gasteiger partial charge in [-0.25, -0.2) is 8.42 Å². The lowest BCUT2D eigenvalue weighted by atomic mass is 10.0. The summed E-state index contributed by atoms with van der Waals surface area (Å²) in [5.74, 6) is -0.339. The first-order valence-corrected chi connectivity index (χ1v) is 8.08. The van der Waals surface area contributed by atoms with Gasteiger partial charge in [-0.05, 0) is 49.3 Å². The number of benzene rings is 1. The molecule has 0 unspecified atom stereocenters. The fourth-order valence-corrected chi connectivity index (χ4v) is 4.21. The second-order valence-corrected chi connectivity index (χ2v) is 7.16. The van der Waals surface area contributed by atoms with Crippen molar-refractivity contribution in [2.24, 2.45) is 5.92 Å². The number of aliphatic carboxylic acids is 1. The highest BCUT2D eigenvalue weighted by atomic mass is 32.2. The number of carboxylic acids is 1. The van der Waals surface area contributed by atoms with Gasteiger partial charge in [0.25, 0.3) is 0 Å². The maximum atomic E-state index is 12.3. The predicted octanol–water partition coefficient (Wildman–Crippen LogP) is 2.20. The minimum Gasteiger partial charge on any atom is -0.481 e. The average Bonchev–Trinajstić information content (AvgIpc) is 3.10. The van der Waals surface area contributed by atoms with Crippen LogP contribution in [-0.4, -0.2) is 25.2 Å². The van der Waals surface area contributed by atoms with E-state index < -0.39 is 15.8 Å². The monoisotopic (exact) mass is 282 g/mol. The Hall–Kier alpha value is -1.36. The highest BCUT2D eigenvalue weighted by Crippen LogP contribution is 2.33. The molecule has 1 fully saturated rings. The lowest BCUT2D eigenvalue weighted by molar-refractivity contribution is -0.136. The minimum absolute atomic E-state index is 0.0208. The fourth-order valence-electron chi connectivity index (χ4n) is 2.19. The largest absolute Gasteiger partial charge is 0.481 e. The van der Waals surface area contributed by atoms with Crippen LogP contribution in [-0.2, 0) is 21.1 Å². The Morgan fingerprint density at radius 3 is 2.63 bits per heavy atom. The Kier molecular flexibility index (Phi) is 3.94. The van der Waals surface area contributed by atoms with Crippen molar-refractivity contribution in [3.8, 4) is 0 Å². The first-order valence-electron chi connectivity index (χ1n) is 6.43. The molecule has 0 radical (unpaired) electrons. The van der Waals surface area contributed by atoms with Gasteiger partial charge in [0.15, 0.2) is 9.84 Å². The van der Waals surface area contributed by atoms with Crippen LogP contribution >= 0.6 is 0 Å². The van der Waals surface area contributed by atoms with Crippen molar-refractivity contribution >= 4 is 15.8 Å². The number of hydrogen-bond acceptors (Lipinski definition) is 3. The summed E-state index contributed by atoms with van der Waals surface area (Å²) >= 11 is 0. The molecule has 0 heterocycles. The van der Waals surface area contributed by atoms with Gasteiger partial charge in [0.2, 0.25) is 0 Å². The van der Waals surface area contributed by atoms with Crippen LogP contribution in [0.15, 0.2) is 23.1 Å². The molecule has 2 rings (SSSR count). The van der Waals surface area contributed by atoms with Crippen LogP contribution < -0.4 is 0 Å². The summed E-state index contributed by atoms with van der Waals surface area (Å²) in [5.41, 5.74) is 1.50. The topological polar surface area (TPSA) is 71.4 Å². The van der Waals surface area contributed by atoms with Gasteiger partial charge in [-0.1, -0.05) is 12.1 Å². The average molecular weight is 282 g/mol. The van der Waals surface area contributed by atoms with Crippen molar-refractivity contribution in [3.05, 3.63) is 29.3 Å². The molecule has 0 atom stereocenters. The Bertz CT molecular complexity index is 585. The van der Waals surface area contributed by atoms with Gasteiger partial charge in [0, 0.05) is 6.42 Å². The summed E-state index contributed by atoms with van der Waals surface area (Å²) in [6, 6.07) is 5.12. The molecule has 0 aliphatic heterocycles. The zero-order valence-corrected chi connectivity index (χ0v) is 11.7. The molecular weight excluding hydrogens is 264 g/mol. The zero-order chi connectivity index (χ0) is 14.0. The van der Waals surface area contributed by atoms with E-state index in [1.165, 1.54) is 0 Å². The minimum atomic E-state index is -3.24. The molecule has 1 aromatic rings. The van der Waals surface area contributed by atoms with Crippen molar-refractivity contribution in [3.63, 3.8) is 0 Å². The molecule has 5 heteroatoms. The second-order valence-electron chi connectivity index (χ2n) is 5.16. The molecule has 0 saturated heterocycles. The Morgan fingerprint density at radius 1 is 1.37 bits per heavy atom. The number of aryl methyl sites for hydroxylation is 1. The number of sulfone groups is 1. The molecule has 1 aromatic carbocycles. The Morgan fingerprint density at radius 2 is 2.05 bits per heavy atom. The van der Waals surface area contributed by atoms with Crippen molar-refractivity contribution in [2.75, 3.05) is 5.75 Å². The molecule has 4 nitrogen and oxygen atoms in total. The van der Waals surface area contributed by atoms with E-state index >= 15 is 0 Å². The van der Waals surface area contributed by atoms with E-state index in [9.17, 15) is 13.2 Å². The van der Waals surface area contributed by atoms with E-state index in [1.54, 1.807) is 25.1 Å². The summed E-state index contributed by atoms with van der Waals surface area (Å²) in [6.07, 6.45) is 2.38. The maximum absolute atomic E-state index is 12.3. The predicted molar refractivity (Wildman–Crippen MR) is 71.9 cm³/mol. The molecule has 0 amide bonds. The lowest BCUT2D eigenvalue weighted by Crippen LogP contribution is -2.11. The molecule has 1 N–H and O–H groups in total. The Labute approximate surface area is 113 Å². The number of rotatable bonds is 6. The van der Waals surface area contributed by atoms with Gasteiger partial charge in [-0.15, -0.1) is 0 Å². The number of carboxylic acid groups (broad SMARTS) is 1. The summed E-state index contributed by atoms with van der Waals surface area (Å²) in [6.45, 7) is 1.76. The normalized spacial score (nSPS) is 15.4. The van der Waals surface area contributed by atoms with E-state index in [4.69, 9.17) is 5.11 Å². The first kappa shape index (κ1) is 14.1. The SMILES string of the molecule is Cc1c(CCC(=O)O)cccc1S(=O)(=O)CC1CC1. The third-order valence-electron chi connectivity index (χ3n) is 3.49. The number of hydrogen-bond donors (Lipinski definition) is 1. The molecule has 104 valence electrons. The second kappa shape index (κ2) is 5.33. The quantitative estimate of drug-likeness (QED) is 0.868. The molecule has 19 heavy (non-hydrogen) atoms. The highest BCUT2D eigenvalue weighted by Gasteiger charge is 2.30. The summed E-state index contributed by atoms with van der Waals surface area (Å²) in [5, 5.41) is 8.70. The molecular formula is C14H18O4S. The van der Waals surface area contributed by atoms with Gasteiger partial charge in [-0.2, -0.15) is 0 Å². The molecule has 1 aliphatic carbocycles. The van der Waals surface area contributed by atoms with E-state index in [-0.39, 0.29) is 12.2 Å². The first-order chi connectivity index (χ1) is 8.90. The molecule has 0 aromatic heterocycles. The molecule has 1 saturated carbocycles. The van der Waals surface area contributed by atoms with Crippen molar-refractivity contribution in [2.45, 2.75) is 37.5 Å². The summed E-state index contributed by atoms with van der Waals surface area (Å²) in [7, 11) is -3.24. The zero-order valence-electron chi connectivity index (χ0n) is 10.9. The smallest absolute Gasteiger partial charge is 0.303 e. The van der Waals surface area contributed by atoms with Crippen LogP contribution in [0.25, 0.3) is 0 Å². The van der Waals surface area contributed by atoms with E-state index in [0.717, 1.165) is 18.4 Å². The van der Waals surface area contributed by atoms with Crippen molar-refractivity contribution in [1.82, 2.24) is 0 Å². The van der Waals surface area contributed by atoms with Gasteiger partial charge < -0.3 is 5.11 Å². The van der Waals surface area contributed by atoms with Crippen LogP contribution in [0.1, 0.15) is 30.4 Å². The fraction of sp³-hybridized carbons (Fsp3) is 0.500. The Balaban J connectivity index is 2.25. The molecule has 0 spiro atoms. The third-order valence-corrected chi connectivity index (χ3v) is 5.51. The van der Waals surface area contributed by atoms with Crippen LogP contribution in [0.5, 0.6) is 0 Å². The van der Waals surface area contributed by atoms with E-state index in [2.05, 4.69) is 0 Å². The third kappa shape index (κ3) is 3.56. The van der Waals surface area contributed by atoms with Gasteiger partial charge >= 0.3 is 5.97 Å². The van der Waals surface area contributed by atoms with E-state index in [0.29, 0.717) is 22.8 Å². The van der Waals surface area contributed by atoms with Crippen LogP contribution in [0.3, 0.4) is 0 Å². The van der Waals surface area contributed by atoms with Crippen LogP contribution in [0.4, 0.5) is 0 Å². The van der Waals surface area contributed by atoms with Crippen LogP contribution in [0.2, 0.25) is 0 Å². The van der Waals surface area contributed by atoms with E-state index in [1.807, 2.05) is 0 Å². The van der Waals surface area contributed by atoms with Crippen LogP contribution in [0, 0.1) is 12.8 Å². The van der Waals surface area contributed by atoms with Crippen molar-refractivity contribution in [1.29, 1.82) is 0 Å². The van der Waals surface area contributed by atoms with Gasteiger partial charge in [0.05, 0.1) is 10.6 Å². The number of carbonyl (C=O) groups is 1. The summed E-state index contributed by atoms with van der Waals surface area (Å²) in [4.78, 5) is 11.0. The van der Waals surface area contributed by atoms with Gasteiger partial charge in [0.1, 0.15) is 0 Å².